The number of rotatable bonds is 6. The van der Waals surface area contributed by atoms with Crippen LogP contribution in [0.5, 0.6) is 5.88 Å². The molecule has 1 aromatic carbocycles. The van der Waals surface area contributed by atoms with Crippen molar-refractivity contribution >= 4 is 16.3 Å². The summed E-state index contributed by atoms with van der Waals surface area (Å²) in [7, 11) is 0. The van der Waals surface area contributed by atoms with Crippen molar-refractivity contribution in [2.75, 3.05) is 26.2 Å². The fourth-order valence-electron chi connectivity index (χ4n) is 4.38. The first-order valence-corrected chi connectivity index (χ1v) is 11.7. The van der Waals surface area contributed by atoms with Crippen LogP contribution in [0.3, 0.4) is 0 Å². The van der Waals surface area contributed by atoms with Gasteiger partial charge >= 0.3 is 0 Å². The summed E-state index contributed by atoms with van der Waals surface area (Å²) in [4.78, 5) is 10.8. The minimum absolute atomic E-state index is 0.0911. The second-order valence-electron chi connectivity index (χ2n) is 8.11. The number of hydrogen-bond acceptors (Lipinski definition) is 8. The van der Waals surface area contributed by atoms with Crippen LogP contribution < -0.4 is 0 Å². The smallest absolute Gasteiger partial charge is 0.230 e. The Morgan fingerprint density at radius 2 is 1.73 bits per heavy atom. The Labute approximate surface area is 194 Å². The molecule has 1 aliphatic rings. The maximum atomic E-state index is 11.1. The summed E-state index contributed by atoms with van der Waals surface area (Å²) in [6.07, 6.45) is 3.26. The number of fused-ring (bicyclic) bond motifs is 1. The molecule has 1 atom stereocenters. The molecule has 1 fully saturated rings. The van der Waals surface area contributed by atoms with Crippen LogP contribution in [0.4, 0.5) is 0 Å². The summed E-state index contributed by atoms with van der Waals surface area (Å²) in [6.45, 7) is 4.55. The highest BCUT2D eigenvalue weighted by Crippen LogP contribution is 2.41. The third-order valence-corrected chi connectivity index (χ3v) is 7.10. The molecule has 0 radical (unpaired) electrons. The Bertz CT molecular complexity index is 1320. The predicted molar refractivity (Wildman–Crippen MR) is 124 cm³/mol. The molecule has 5 aromatic rings. The van der Waals surface area contributed by atoms with E-state index in [1.165, 1.54) is 21.4 Å². The maximum Gasteiger partial charge on any atom is 0.230 e. The minimum atomic E-state index is -0.195. The van der Waals surface area contributed by atoms with Crippen molar-refractivity contribution in [3.63, 3.8) is 0 Å². The fourth-order valence-corrected chi connectivity index (χ4v) is 5.48. The van der Waals surface area contributed by atoms with Crippen molar-refractivity contribution in [3.8, 4) is 17.5 Å². The Kier molecular flexibility index (Phi) is 5.21. The van der Waals surface area contributed by atoms with Crippen LogP contribution in [0, 0.1) is 0 Å². The highest BCUT2D eigenvalue weighted by molar-refractivity contribution is 7.17. The summed E-state index contributed by atoms with van der Waals surface area (Å²) < 4.78 is 12.7. The van der Waals surface area contributed by atoms with Gasteiger partial charge in [0.15, 0.2) is 5.76 Å². The molecule has 9 heteroatoms. The van der Waals surface area contributed by atoms with Gasteiger partial charge in [-0.1, -0.05) is 41.7 Å². The normalized spacial score (nSPS) is 16.5. The largest absolute Gasteiger partial charge is 0.492 e. The minimum Gasteiger partial charge on any atom is -0.492 e. The Morgan fingerprint density at radius 3 is 2.42 bits per heavy atom. The average molecular weight is 462 g/mol. The molecular formula is C24H23N5O3S. The van der Waals surface area contributed by atoms with Crippen LogP contribution in [-0.4, -0.2) is 55.7 Å². The van der Waals surface area contributed by atoms with Crippen molar-refractivity contribution in [2.45, 2.75) is 12.6 Å². The Balaban J connectivity index is 1.26. The van der Waals surface area contributed by atoms with E-state index >= 15 is 0 Å². The average Bonchev–Trinajstić information content (AvgIpc) is 3.64. The molecule has 168 valence electrons. The second-order valence-corrected chi connectivity index (χ2v) is 9.12. The van der Waals surface area contributed by atoms with Gasteiger partial charge in [0.2, 0.25) is 16.7 Å². The van der Waals surface area contributed by atoms with Crippen molar-refractivity contribution in [3.05, 3.63) is 83.3 Å². The van der Waals surface area contributed by atoms with Crippen molar-refractivity contribution in [1.82, 2.24) is 24.4 Å². The summed E-state index contributed by atoms with van der Waals surface area (Å²) in [6, 6.07) is 17.8. The SMILES string of the molecule is Oc1c([C@H](c2ccco2)N2CCN(Cc3ccccc3)CC2)sc2nc(-c3ccco3)nn12. The lowest BCUT2D eigenvalue weighted by molar-refractivity contribution is 0.0970. The van der Waals surface area contributed by atoms with E-state index in [2.05, 4.69) is 44.1 Å². The van der Waals surface area contributed by atoms with Gasteiger partial charge in [-0.3, -0.25) is 9.80 Å². The molecule has 4 aromatic heterocycles. The number of nitrogens with zero attached hydrogens (tertiary/aromatic N) is 5. The van der Waals surface area contributed by atoms with Crippen LogP contribution in [0.25, 0.3) is 16.5 Å². The molecule has 0 amide bonds. The first-order valence-electron chi connectivity index (χ1n) is 10.9. The van der Waals surface area contributed by atoms with Crippen LogP contribution >= 0.6 is 11.3 Å². The molecule has 8 nitrogen and oxygen atoms in total. The van der Waals surface area contributed by atoms with E-state index in [4.69, 9.17) is 8.83 Å². The van der Waals surface area contributed by atoms with Gasteiger partial charge in [-0.15, -0.1) is 5.10 Å². The molecule has 6 rings (SSSR count). The first kappa shape index (κ1) is 20.2. The van der Waals surface area contributed by atoms with Gasteiger partial charge < -0.3 is 13.9 Å². The van der Waals surface area contributed by atoms with Gasteiger partial charge in [0, 0.05) is 32.7 Å². The highest BCUT2D eigenvalue weighted by atomic mass is 32.1. The number of piperazine rings is 1. The summed E-state index contributed by atoms with van der Waals surface area (Å²) >= 11 is 1.43. The van der Waals surface area contributed by atoms with Crippen LogP contribution in [-0.2, 0) is 6.54 Å². The van der Waals surface area contributed by atoms with E-state index in [-0.39, 0.29) is 11.9 Å². The summed E-state index contributed by atoms with van der Waals surface area (Å²) in [5.74, 6) is 1.92. The predicted octanol–water partition coefficient (Wildman–Crippen LogP) is 4.26. The van der Waals surface area contributed by atoms with E-state index in [0.717, 1.165) is 43.4 Å². The lowest BCUT2D eigenvalue weighted by atomic mass is 10.1. The van der Waals surface area contributed by atoms with E-state index in [1.54, 1.807) is 24.7 Å². The lowest BCUT2D eigenvalue weighted by Gasteiger charge is -2.38. The number of benzene rings is 1. The number of thiazole rings is 1. The van der Waals surface area contributed by atoms with Gasteiger partial charge in [-0.05, 0) is 29.8 Å². The molecule has 33 heavy (non-hydrogen) atoms. The van der Waals surface area contributed by atoms with Gasteiger partial charge in [-0.25, -0.2) is 0 Å². The van der Waals surface area contributed by atoms with Gasteiger partial charge in [0.25, 0.3) is 0 Å². The van der Waals surface area contributed by atoms with Gasteiger partial charge in [0.1, 0.15) is 11.8 Å². The quantitative estimate of drug-likeness (QED) is 0.405. The molecule has 1 aliphatic heterocycles. The van der Waals surface area contributed by atoms with Gasteiger partial charge in [0.05, 0.1) is 17.4 Å². The number of aromatic nitrogens is 3. The molecule has 0 bridgehead atoms. The summed E-state index contributed by atoms with van der Waals surface area (Å²) in [5.41, 5.74) is 1.32. The Hall–Kier alpha value is -3.40. The molecule has 0 unspecified atom stereocenters. The zero-order valence-corrected chi connectivity index (χ0v) is 18.7. The standard InChI is InChI=1S/C24H23N5O3S/c30-23-21(33-24-25-22(26-29(23)24)19-9-5-15-32-19)20(18-8-4-14-31-18)28-12-10-27(11-13-28)16-17-6-2-1-3-7-17/h1-9,14-15,20,30H,10-13,16H2/t20-/m0/s1. The molecule has 1 saturated heterocycles. The van der Waals surface area contributed by atoms with Crippen molar-refractivity contribution in [1.29, 1.82) is 0 Å². The van der Waals surface area contributed by atoms with Crippen LogP contribution in [0.15, 0.2) is 76.0 Å². The molecule has 5 heterocycles. The highest BCUT2D eigenvalue weighted by Gasteiger charge is 2.33. The van der Waals surface area contributed by atoms with Crippen molar-refractivity contribution in [2.24, 2.45) is 0 Å². The second kappa shape index (κ2) is 8.51. The van der Waals surface area contributed by atoms with E-state index in [1.807, 2.05) is 18.2 Å². The van der Waals surface area contributed by atoms with Crippen molar-refractivity contribution < 1.29 is 13.9 Å². The Morgan fingerprint density at radius 1 is 0.939 bits per heavy atom. The van der Waals surface area contributed by atoms with Crippen LogP contribution in [0.2, 0.25) is 0 Å². The lowest BCUT2D eigenvalue weighted by Crippen LogP contribution is -2.47. The van der Waals surface area contributed by atoms with E-state index < -0.39 is 0 Å². The number of furan rings is 2. The van der Waals surface area contributed by atoms with E-state index in [0.29, 0.717) is 16.5 Å². The van der Waals surface area contributed by atoms with Gasteiger partial charge in [-0.2, -0.15) is 9.50 Å². The van der Waals surface area contributed by atoms with Crippen LogP contribution in [0.1, 0.15) is 22.2 Å². The molecule has 0 spiro atoms. The first-order chi connectivity index (χ1) is 16.3. The zero-order valence-electron chi connectivity index (χ0n) is 17.9. The molecule has 0 saturated carbocycles. The van der Waals surface area contributed by atoms with E-state index in [9.17, 15) is 5.11 Å². The fraction of sp³-hybridized carbons (Fsp3) is 0.250. The molecular weight excluding hydrogens is 438 g/mol. The number of aromatic hydroxyl groups is 1. The maximum absolute atomic E-state index is 11.1. The third kappa shape index (κ3) is 3.84. The zero-order chi connectivity index (χ0) is 22.2. The molecule has 1 N–H and O–H groups in total. The monoisotopic (exact) mass is 461 g/mol. The third-order valence-electron chi connectivity index (χ3n) is 6.02. The molecule has 0 aliphatic carbocycles. The number of hydrogen-bond donors (Lipinski definition) is 1. The summed E-state index contributed by atoms with van der Waals surface area (Å²) in [5, 5.41) is 15.6. The topological polar surface area (TPSA) is 83.2 Å².